The summed E-state index contributed by atoms with van der Waals surface area (Å²) in [7, 11) is 0. The van der Waals surface area contributed by atoms with E-state index in [1.807, 2.05) is 12.1 Å². The molecule has 0 N–H and O–H groups in total. The highest BCUT2D eigenvalue weighted by Gasteiger charge is 2.18. The van der Waals surface area contributed by atoms with Crippen LogP contribution in [0.15, 0.2) is 144 Å². The molecule has 0 amide bonds. The molecule has 1 heterocycles. The Morgan fingerprint density at radius 1 is 0.368 bits per heavy atom. The molecule has 0 aliphatic carbocycles. The maximum Gasteiger partial charge on any atom is 0.137 e. The number of hydrogen-bond donors (Lipinski definition) is 0. The van der Waals surface area contributed by atoms with Gasteiger partial charge in [-0.05, 0) is 63.3 Å². The van der Waals surface area contributed by atoms with Crippen molar-refractivity contribution >= 4 is 71.3 Å². The van der Waals surface area contributed by atoms with Gasteiger partial charge in [0.25, 0.3) is 0 Å². The van der Waals surface area contributed by atoms with E-state index in [-0.39, 0.29) is 0 Å². The van der Waals surface area contributed by atoms with E-state index in [0.29, 0.717) is 0 Å². The minimum absolute atomic E-state index is 0.891. The van der Waals surface area contributed by atoms with Gasteiger partial charge >= 0.3 is 0 Å². The van der Waals surface area contributed by atoms with Crippen molar-refractivity contribution in [3.63, 3.8) is 0 Å². The third-order valence-corrected chi connectivity index (χ3v) is 7.64. The minimum atomic E-state index is 0.891. The van der Waals surface area contributed by atoms with Crippen molar-refractivity contribution in [3.05, 3.63) is 140 Å². The van der Waals surface area contributed by atoms with Gasteiger partial charge in [-0.15, -0.1) is 0 Å². The van der Waals surface area contributed by atoms with Crippen LogP contribution in [0, 0.1) is 0 Å². The second-order valence-electron chi connectivity index (χ2n) is 9.77. The van der Waals surface area contributed by atoms with Gasteiger partial charge < -0.3 is 9.32 Å². The van der Waals surface area contributed by atoms with Gasteiger partial charge in [-0.3, -0.25) is 0 Å². The van der Waals surface area contributed by atoms with E-state index in [0.717, 1.165) is 39.0 Å². The molecule has 178 valence electrons. The van der Waals surface area contributed by atoms with Crippen LogP contribution in [0.25, 0.3) is 54.3 Å². The second kappa shape index (κ2) is 8.22. The molecule has 0 aliphatic heterocycles. The summed E-state index contributed by atoms with van der Waals surface area (Å²) in [5.74, 6) is 0. The SMILES string of the molecule is c1ccc(N(c2ccc3c(c2)oc2ccccc23)c2cccc3c2ccc2c4ccccc4ccc32)cc1. The highest BCUT2D eigenvalue weighted by Crippen LogP contribution is 2.43. The van der Waals surface area contributed by atoms with Gasteiger partial charge in [0, 0.05) is 33.6 Å². The predicted molar refractivity (Wildman–Crippen MR) is 161 cm³/mol. The molecule has 0 unspecified atom stereocenters. The van der Waals surface area contributed by atoms with E-state index in [9.17, 15) is 0 Å². The first-order valence-corrected chi connectivity index (χ1v) is 12.9. The quantitative estimate of drug-likeness (QED) is 0.231. The summed E-state index contributed by atoms with van der Waals surface area (Å²) >= 11 is 0. The van der Waals surface area contributed by atoms with E-state index in [1.54, 1.807) is 0 Å². The minimum Gasteiger partial charge on any atom is -0.456 e. The van der Waals surface area contributed by atoms with Gasteiger partial charge in [-0.1, -0.05) is 97.1 Å². The number of hydrogen-bond acceptors (Lipinski definition) is 2. The largest absolute Gasteiger partial charge is 0.456 e. The van der Waals surface area contributed by atoms with Crippen LogP contribution in [0.2, 0.25) is 0 Å². The van der Waals surface area contributed by atoms with Gasteiger partial charge in [-0.2, -0.15) is 0 Å². The first kappa shape index (κ1) is 21.0. The Kier molecular flexibility index (Phi) is 4.55. The standard InChI is InChI=1S/C36H23NO/c1-2-10-25(11-3-1)37(26-18-20-33-32-13-6-7-16-35(32)38-36(33)23-26)34-15-8-14-28-30-19-17-24-9-4-5-12-27(24)29(30)21-22-31(28)34/h1-23H. The van der Waals surface area contributed by atoms with Crippen molar-refractivity contribution in [2.75, 3.05) is 4.90 Å². The third kappa shape index (κ3) is 3.14. The summed E-state index contributed by atoms with van der Waals surface area (Å²) < 4.78 is 6.27. The van der Waals surface area contributed by atoms with Gasteiger partial charge in [0.05, 0.1) is 5.69 Å². The Morgan fingerprint density at radius 2 is 1.00 bits per heavy atom. The number of fused-ring (bicyclic) bond motifs is 8. The van der Waals surface area contributed by atoms with E-state index in [2.05, 4.69) is 132 Å². The number of para-hydroxylation sites is 2. The Labute approximate surface area is 220 Å². The fourth-order valence-corrected chi connectivity index (χ4v) is 5.89. The van der Waals surface area contributed by atoms with Crippen molar-refractivity contribution in [1.29, 1.82) is 0 Å². The molecule has 38 heavy (non-hydrogen) atoms. The lowest BCUT2D eigenvalue weighted by molar-refractivity contribution is 0.669. The highest BCUT2D eigenvalue weighted by molar-refractivity contribution is 6.19. The number of rotatable bonds is 3. The zero-order chi connectivity index (χ0) is 25.1. The lowest BCUT2D eigenvalue weighted by Crippen LogP contribution is -2.10. The molecule has 0 bridgehead atoms. The van der Waals surface area contributed by atoms with Crippen LogP contribution in [-0.4, -0.2) is 0 Å². The maximum absolute atomic E-state index is 6.27. The number of benzene rings is 7. The Balaban J connectivity index is 1.40. The first-order valence-electron chi connectivity index (χ1n) is 12.9. The summed E-state index contributed by atoms with van der Waals surface area (Å²) in [6.07, 6.45) is 0. The molecule has 0 saturated carbocycles. The Bertz CT molecular complexity index is 2140. The lowest BCUT2D eigenvalue weighted by Gasteiger charge is -2.27. The summed E-state index contributed by atoms with van der Waals surface area (Å²) in [6.45, 7) is 0. The second-order valence-corrected chi connectivity index (χ2v) is 9.77. The smallest absolute Gasteiger partial charge is 0.137 e. The lowest BCUT2D eigenvalue weighted by atomic mass is 9.96. The monoisotopic (exact) mass is 485 g/mol. The average molecular weight is 486 g/mol. The molecule has 2 heteroatoms. The molecule has 8 aromatic rings. The summed E-state index contributed by atoms with van der Waals surface area (Å²) in [5, 5.41) is 9.83. The van der Waals surface area contributed by atoms with Gasteiger partial charge in [0.1, 0.15) is 11.2 Å². The molecule has 0 fully saturated rings. The summed E-state index contributed by atoms with van der Waals surface area (Å²) in [5.41, 5.74) is 5.11. The predicted octanol–water partition coefficient (Wildman–Crippen LogP) is 10.5. The van der Waals surface area contributed by atoms with Gasteiger partial charge in [0.2, 0.25) is 0 Å². The normalized spacial score (nSPS) is 11.7. The zero-order valence-corrected chi connectivity index (χ0v) is 20.6. The van der Waals surface area contributed by atoms with Crippen molar-refractivity contribution in [1.82, 2.24) is 0 Å². The van der Waals surface area contributed by atoms with Crippen molar-refractivity contribution < 1.29 is 4.42 Å². The molecular formula is C36H23NO. The van der Waals surface area contributed by atoms with Crippen molar-refractivity contribution in [3.8, 4) is 0 Å². The van der Waals surface area contributed by atoms with Crippen LogP contribution in [0.1, 0.15) is 0 Å². The third-order valence-electron chi connectivity index (χ3n) is 7.64. The molecule has 7 aromatic carbocycles. The molecule has 0 saturated heterocycles. The van der Waals surface area contributed by atoms with Gasteiger partial charge in [0.15, 0.2) is 0 Å². The van der Waals surface area contributed by atoms with E-state index in [4.69, 9.17) is 4.42 Å². The molecule has 0 spiro atoms. The molecule has 0 radical (unpaired) electrons. The summed E-state index contributed by atoms with van der Waals surface area (Å²) in [6, 6.07) is 49.6. The highest BCUT2D eigenvalue weighted by atomic mass is 16.3. The molecule has 2 nitrogen and oxygen atoms in total. The average Bonchev–Trinajstić information content (AvgIpc) is 3.35. The molecule has 1 aromatic heterocycles. The van der Waals surface area contributed by atoms with Crippen LogP contribution >= 0.6 is 0 Å². The number of anilines is 3. The van der Waals surface area contributed by atoms with Crippen LogP contribution in [0.3, 0.4) is 0 Å². The molecular weight excluding hydrogens is 462 g/mol. The molecule has 0 aliphatic rings. The van der Waals surface area contributed by atoms with E-state index >= 15 is 0 Å². The topological polar surface area (TPSA) is 16.4 Å². The summed E-state index contributed by atoms with van der Waals surface area (Å²) in [4.78, 5) is 2.34. The van der Waals surface area contributed by atoms with Crippen molar-refractivity contribution in [2.45, 2.75) is 0 Å². The first-order chi connectivity index (χ1) is 18.8. The van der Waals surface area contributed by atoms with E-state index < -0.39 is 0 Å². The Hall–Kier alpha value is -5.08. The number of nitrogens with zero attached hydrogens (tertiary/aromatic N) is 1. The molecule has 8 rings (SSSR count). The fraction of sp³-hybridized carbons (Fsp3) is 0. The van der Waals surface area contributed by atoms with Crippen LogP contribution in [-0.2, 0) is 0 Å². The van der Waals surface area contributed by atoms with Gasteiger partial charge in [-0.25, -0.2) is 0 Å². The van der Waals surface area contributed by atoms with Crippen molar-refractivity contribution in [2.24, 2.45) is 0 Å². The maximum atomic E-state index is 6.27. The number of furan rings is 1. The van der Waals surface area contributed by atoms with Crippen LogP contribution in [0.4, 0.5) is 17.1 Å². The van der Waals surface area contributed by atoms with Crippen LogP contribution in [0.5, 0.6) is 0 Å². The fourth-order valence-electron chi connectivity index (χ4n) is 5.89. The van der Waals surface area contributed by atoms with Crippen LogP contribution < -0.4 is 4.90 Å². The molecule has 0 atom stereocenters. The zero-order valence-electron chi connectivity index (χ0n) is 20.6. The van der Waals surface area contributed by atoms with E-state index in [1.165, 1.54) is 32.3 Å². The Morgan fingerprint density at radius 3 is 1.92 bits per heavy atom.